The van der Waals surface area contributed by atoms with Gasteiger partial charge in [0.2, 0.25) is 21.7 Å². The highest BCUT2D eigenvalue weighted by atomic mass is 32.2. The van der Waals surface area contributed by atoms with Crippen molar-refractivity contribution in [3.8, 4) is 34.4 Å². The third kappa shape index (κ3) is 6.07. The van der Waals surface area contributed by atoms with Gasteiger partial charge in [0.15, 0.2) is 10.1 Å². The summed E-state index contributed by atoms with van der Waals surface area (Å²) in [5.74, 6) is -1.35. The molecule has 0 aliphatic carbocycles. The van der Waals surface area contributed by atoms with Crippen LogP contribution >= 0.6 is 0 Å². The first-order valence-electron chi connectivity index (χ1n) is 9.64. The second kappa shape index (κ2) is 9.86. The van der Waals surface area contributed by atoms with Crippen molar-refractivity contribution >= 4 is 40.5 Å². The summed E-state index contributed by atoms with van der Waals surface area (Å²) in [6.45, 7) is 0. The lowest BCUT2D eigenvalue weighted by atomic mass is 10.2. The maximum Gasteiger partial charge on any atom is 0.201 e. The van der Waals surface area contributed by atoms with Crippen LogP contribution in [0.1, 0.15) is 0 Å². The third-order valence-corrected chi connectivity index (χ3v) is 7.69. The largest absolute Gasteiger partial charge is 0.743 e. The van der Waals surface area contributed by atoms with E-state index in [-0.39, 0.29) is 22.8 Å². The highest BCUT2D eigenvalue weighted by Gasteiger charge is 2.23. The Hall–Kier alpha value is -4.04. The van der Waals surface area contributed by atoms with Gasteiger partial charge >= 0.3 is 0 Å². The van der Waals surface area contributed by atoms with Gasteiger partial charge in [-0.2, -0.15) is 0 Å². The van der Waals surface area contributed by atoms with Crippen LogP contribution in [0.15, 0.2) is 56.5 Å². The van der Waals surface area contributed by atoms with Crippen molar-refractivity contribution in [2.45, 2.75) is 20.1 Å². The molecule has 40 heavy (non-hydrogen) atoms. The molecule has 4 aromatic heterocycles. The summed E-state index contributed by atoms with van der Waals surface area (Å²) in [7, 11) is -22.3. The normalized spacial score (nSPS) is 12.8. The summed E-state index contributed by atoms with van der Waals surface area (Å²) in [5, 5.41) is 5.84. The van der Waals surface area contributed by atoms with E-state index in [1.165, 1.54) is 36.4 Å². The van der Waals surface area contributed by atoms with Crippen LogP contribution < -0.4 is 0 Å². The van der Waals surface area contributed by atoms with Crippen molar-refractivity contribution in [3.05, 3.63) is 36.4 Å². The summed E-state index contributed by atoms with van der Waals surface area (Å²) >= 11 is 0. The summed E-state index contributed by atoms with van der Waals surface area (Å²) in [5.41, 5.74) is -0.615. The number of pyridine rings is 2. The topological polar surface area (TPSA) is 332 Å². The SMILES string of the molecule is O=S(=O)([O-])c1nnc(-c2cccc(-c3cccc(-c4nnc(S(=O)(=O)[O-])c(S(=O)(=O)[O-])n4)n3)n2)nc1S(=O)(=O)[O-]. The van der Waals surface area contributed by atoms with E-state index >= 15 is 0 Å². The Kier molecular flexibility index (Phi) is 7.13. The van der Waals surface area contributed by atoms with E-state index in [1.54, 1.807) is 0 Å². The van der Waals surface area contributed by atoms with Gasteiger partial charge < -0.3 is 18.2 Å². The third-order valence-electron chi connectivity index (χ3n) is 4.42. The van der Waals surface area contributed by atoms with E-state index < -0.39 is 72.2 Å². The monoisotopic (exact) mass is 630 g/mol. The van der Waals surface area contributed by atoms with Gasteiger partial charge in [0.1, 0.15) is 51.9 Å². The van der Waals surface area contributed by atoms with Crippen molar-refractivity contribution in [2.75, 3.05) is 0 Å². The first kappa shape index (κ1) is 29.0. The Balaban J connectivity index is 1.81. The Morgan fingerprint density at radius 1 is 0.400 bits per heavy atom. The maximum atomic E-state index is 11.5. The van der Waals surface area contributed by atoms with Gasteiger partial charge in [-0.25, -0.2) is 53.6 Å². The minimum Gasteiger partial charge on any atom is -0.743 e. The van der Waals surface area contributed by atoms with Gasteiger partial charge in [0.25, 0.3) is 0 Å². The number of aromatic nitrogens is 8. The van der Waals surface area contributed by atoms with E-state index in [9.17, 15) is 51.9 Å². The molecule has 210 valence electrons. The van der Waals surface area contributed by atoms with Gasteiger partial charge in [0, 0.05) is 0 Å². The molecule has 24 heteroatoms. The zero-order chi connectivity index (χ0) is 29.7. The summed E-state index contributed by atoms with van der Waals surface area (Å²) < 4.78 is 136. The molecule has 0 aliphatic rings. The zero-order valence-electron chi connectivity index (χ0n) is 18.6. The molecule has 0 atom stereocenters. The molecular formula is C16H6N8O12S4-4. The molecule has 0 saturated carbocycles. The van der Waals surface area contributed by atoms with Crippen LogP contribution in [0.5, 0.6) is 0 Å². The molecule has 0 amide bonds. The highest BCUT2D eigenvalue weighted by Crippen LogP contribution is 2.24. The van der Waals surface area contributed by atoms with Crippen LogP contribution in [0.3, 0.4) is 0 Å². The molecule has 0 spiro atoms. The number of rotatable bonds is 7. The zero-order valence-corrected chi connectivity index (χ0v) is 21.8. The van der Waals surface area contributed by atoms with Crippen LogP contribution in [-0.4, -0.2) is 92.2 Å². The molecule has 0 N–H and O–H groups in total. The molecule has 0 saturated heterocycles. The fourth-order valence-corrected chi connectivity index (χ4v) is 5.80. The van der Waals surface area contributed by atoms with E-state index in [0.29, 0.717) is 0 Å². The molecule has 0 unspecified atom stereocenters. The molecule has 4 rings (SSSR count). The Bertz CT molecular complexity index is 1970. The Morgan fingerprint density at radius 2 is 0.700 bits per heavy atom. The average Bonchev–Trinajstić information content (AvgIpc) is 2.86. The van der Waals surface area contributed by atoms with Crippen molar-refractivity contribution < 1.29 is 51.9 Å². The molecule has 0 radical (unpaired) electrons. The van der Waals surface area contributed by atoms with Gasteiger partial charge in [-0.3, -0.25) is 0 Å². The number of hydrogen-bond acceptors (Lipinski definition) is 20. The molecule has 0 bridgehead atoms. The molecule has 20 nitrogen and oxygen atoms in total. The number of hydrogen-bond donors (Lipinski definition) is 0. The second-order valence-corrected chi connectivity index (χ2v) is 12.3. The first-order valence-corrected chi connectivity index (χ1v) is 15.3. The highest BCUT2D eigenvalue weighted by molar-refractivity contribution is 7.89. The number of nitrogens with zero attached hydrogens (tertiary/aromatic N) is 8. The molecule has 4 heterocycles. The van der Waals surface area contributed by atoms with Crippen LogP contribution in [0, 0.1) is 0 Å². The summed E-state index contributed by atoms with van der Waals surface area (Å²) in [6, 6.07) is 7.68. The summed E-state index contributed by atoms with van der Waals surface area (Å²) in [6.07, 6.45) is 0. The van der Waals surface area contributed by atoms with Crippen LogP contribution in [0.4, 0.5) is 0 Å². The van der Waals surface area contributed by atoms with E-state index in [4.69, 9.17) is 0 Å². The van der Waals surface area contributed by atoms with Gasteiger partial charge in [0.05, 0.1) is 11.4 Å². The standard InChI is InChI=1S/C16H10N8O12S4/c25-37(26,27)13-15(39(31,32)33)23-21-11(19-13)9-5-1-3-7(17-9)8-4-2-6-10(18-8)12-20-14(38(28,29)30)16(24-22-12)40(34,35)36/h1-6H,(H,25,26,27)(H,28,29,30)(H,31,32,33)(H,34,35,36)/p-4. The summed E-state index contributed by atoms with van der Waals surface area (Å²) in [4.78, 5) is 14.8. The minimum atomic E-state index is -5.60. The fourth-order valence-electron chi connectivity index (χ4n) is 2.86. The minimum absolute atomic E-state index is 0.0293. The predicted octanol–water partition coefficient (Wildman–Crippen LogP) is -2.54. The first-order chi connectivity index (χ1) is 18.4. The molecule has 0 fully saturated rings. The molecule has 4 aromatic rings. The van der Waals surface area contributed by atoms with E-state index in [0.717, 1.165) is 0 Å². The van der Waals surface area contributed by atoms with Crippen LogP contribution in [0.25, 0.3) is 34.4 Å². The van der Waals surface area contributed by atoms with Crippen LogP contribution in [0.2, 0.25) is 0 Å². The lowest BCUT2D eigenvalue weighted by molar-refractivity contribution is 0.435. The van der Waals surface area contributed by atoms with E-state index in [2.05, 4.69) is 40.3 Å². The average molecular weight is 631 g/mol. The lowest BCUT2D eigenvalue weighted by Crippen LogP contribution is -2.15. The molecular weight excluding hydrogens is 624 g/mol. The predicted molar refractivity (Wildman–Crippen MR) is 117 cm³/mol. The van der Waals surface area contributed by atoms with Crippen molar-refractivity contribution in [2.24, 2.45) is 0 Å². The van der Waals surface area contributed by atoms with Gasteiger partial charge in [-0.15, -0.1) is 20.4 Å². The second-order valence-electron chi connectivity index (χ2n) is 7.12. The Labute approximate surface area is 223 Å². The van der Waals surface area contributed by atoms with Crippen molar-refractivity contribution in [3.63, 3.8) is 0 Å². The lowest BCUT2D eigenvalue weighted by Gasteiger charge is -2.14. The van der Waals surface area contributed by atoms with Gasteiger partial charge in [-0.05, 0) is 24.3 Å². The van der Waals surface area contributed by atoms with Crippen LogP contribution in [-0.2, 0) is 40.5 Å². The van der Waals surface area contributed by atoms with Crippen molar-refractivity contribution in [1.29, 1.82) is 0 Å². The van der Waals surface area contributed by atoms with Gasteiger partial charge in [-0.1, -0.05) is 12.1 Å². The maximum absolute atomic E-state index is 11.5. The van der Waals surface area contributed by atoms with E-state index in [1.807, 2.05) is 0 Å². The quantitative estimate of drug-likeness (QED) is 0.190. The Morgan fingerprint density at radius 3 is 1.00 bits per heavy atom. The smallest absolute Gasteiger partial charge is 0.201 e. The fraction of sp³-hybridized carbons (Fsp3) is 0. The molecule has 0 aliphatic heterocycles. The van der Waals surface area contributed by atoms with Crippen molar-refractivity contribution in [1.82, 2.24) is 40.3 Å². The molecule has 0 aromatic carbocycles.